The Morgan fingerprint density at radius 3 is 3.00 bits per heavy atom. The van der Waals surface area contributed by atoms with E-state index in [0.717, 1.165) is 11.2 Å². The predicted octanol–water partition coefficient (Wildman–Crippen LogP) is 1.41. The lowest BCUT2D eigenvalue weighted by atomic mass is 10.4. The van der Waals surface area contributed by atoms with Crippen molar-refractivity contribution >= 4 is 11.2 Å². The Bertz CT molecular complexity index is 391. The summed E-state index contributed by atoms with van der Waals surface area (Å²) in [5.74, 6) is 0. The number of hydrogen-bond acceptors (Lipinski definition) is 3. The van der Waals surface area contributed by atoms with Crippen LogP contribution in [0.3, 0.4) is 0 Å². The van der Waals surface area contributed by atoms with Crippen LogP contribution in [-0.4, -0.2) is 19.7 Å². The topological polar surface area (TPSA) is 43.6 Å². The monoisotopic (exact) mass is 162 g/mol. The van der Waals surface area contributed by atoms with Crippen LogP contribution in [0.2, 0.25) is 0 Å². The van der Waals surface area contributed by atoms with Gasteiger partial charge in [-0.15, -0.1) is 5.10 Å². The fourth-order valence-corrected chi connectivity index (χ4v) is 1.16. The van der Waals surface area contributed by atoms with Gasteiger partial charge in [0.05, 0.1) is 12.5 Å². The molecule has 0 fully saturated rings. The van der Waals surface area contributed by atoms with Crippen LogP contribution >= 0.6 is 0 Å². The summed E-state index contributed by atoms with van der Waals surface area (Å²) in [4.78, 5) is 4.20. The summed E-state index contributed by atoms with van der Waals surface area (Å²) >= 11 is 0. The highest BCUT2D eigenvalue weighted by Crippen LogP contribution is 2.12. The van der Waals surface area contributed by atoms with Crippen molar-refractivity contribution in [3.63, 3.8) is 0 Å². The molecule has 2 heterocycles. The third-order valence-corrected chi connectivity index (χ3v) is 1.80. The number of fused-ring (bicyclic) bond motifs is 1. The van der Waals surface area contributed by atoms with E-state index in [0.29, 0.717) is 6.04 Å². The largest absolute Gasteiger partial charge is 0.311 e. The lowest BCUT2D eigenvalue weighted by Crippen LogP contribution is -1.99. The molecule has 2 rings (SSSR count). The van der Waals surface area contributed by atoms with Gasteiger partial charge in [-0.1, -0.05) is 0 Å². The van der Waals surface area contributed by atoms with Crippen LogP contribution in [0.15, 0.2) is 18.6 Å². The maximum absolute atomic E-state index is 4.20. The van der Waals surface area contributed by atoms with E-state index in [4.69, 9.17) is 0 Å². The van der Waals surface area contributed by atoms with Gasteiger partial charge < -0.3 is 4.57 Å². The third-order valence-electron chi connectivity index (χ3n) is 1.80. The van der Waals surface area contributed by atoms with E-state index in [2.05, 4.69) is 29.0 Å². The Morgan fingerprint density at radius 2 is 2.25 bits per heavy atom. The molecule has 2 aromatic rings. The molecule has 62 valence electrons. The van der Waals surface area contributed by atoms with Crippen molar-refractivity contribution < 1.29 is 0 Å². The van der Waals surface area contributed by atoms with E-state index in [-0.39, 0.29) is 0 Å². The fraction of sp³-hybridized carbons (Fsp3) is 0.375. The average Bonchev–Trinajstić information content (AvgIpc) is 2.47. The summed E-state index contributed by atoms with van der Waals surface area (Å²) in [5, 5.41) is 7.83. The van der Waals surface area contributed by atoms with Crippen LogP contribution in [0.5, 0.6) is 0 Å². The normalized spacial score (nSPS) is 11.2. The summed E-state index contributed by atoms with van der Waals surface area (Å²) in [7, 11) is 0. The summed E-state index contributed by atoms with van der Waals surface area (Å²) in [5.41, 5.74) is 1.76. The van der Waals surface area contributed by atoms with E-state index in [1.807, 2.05) is 10.6 Å². The first kappa shape index (κ1) is 7.21. The molecule has 12 heavy (non-hydrogen) atoms. The number of aromatic nitrogens is 4. The van der Waals surface area contributed by atoms with Crippen LogP contribution in [0.4, 0.5) is 0 Å². The van der Waals surface area contributed by atoms with Crippen molar-refractivity contribution in [2.24, 2.45) is 0 Å². The molecule has 0 unspecified atom stereocenters. The summed E-state index contributed by atoms with van der Waals surface area (Å²) in [6.07, 6.45) is 3.45. The average molecular weight is 162 g/mol. The van der Waals surface area contributed by atoms with Gasteiger partial charge in [0.1, 0.15) is 5.52 Å². The van der Waals surface area contributed by atoms with Gasteiger partial charge in [0.2, 0.25) is 0 Å². The molecule has 0 bridgehead atoms. The van der Waals surface area contributed by atoms with Gasteiger partial charge in [0.25, 0.3) is 0 Å². The molecule has 0 radical (unpaired) electrons. The molecule has 0 saturated heterocycles. The molecule has 2 aromatic heterocycles. The molecule has 0 aliphatic heterocycles. The van der Waals surface area contributed by atoms with Gasteiger partial charge in [0.15, 0.2) is 5.65 Å². The van der Waals surface area contributed by atoms with Crippen LogP contribution in [-0.2, 0) is 0 Å². The van der Waals surface area contributed by atoms with Gasteiger partial charge in [0, 0.05) is 6.04 Å². The second kappa shape index (κ2) is 2.55. The second-order valence-corrected chi connectivity index (χ2v) is 2.99. The van der Waals surface area contributed by atoms with Gasteiger partial charge in [-0.2, -0.15) is 5.10 Å². The Hall–Kier alpha value is -1.45. The van der Waals surface area contributed by atoms with Crippen LogP contribution in [0.1, 0.15) is 19.9 Å². The summed E-state index contributed by atoms with van der Waals surface area (Å²) in [6, 6.07) is 2.24. The first-order chi connectivity index (χ1) is 5.79. The maximum Gasteiger partial charge on any atom is 0.182 e. The Labute approximate surface area is 70.3 Å². The van der Waals surface area contributed by atoms with E-state index < -0.39 is 0 Å². The van der Waals surface area contributed by atoms with Crippen molar-refractivity contribution in [1.29, 1.82) is 0 Å². The quantitative estimate of drug-likeness (QED) is 0.636. The Kier molecular flexibility index (Phi) is 1.53. The lowest BCUT2D eigenvalue weighted by molar-refractivity contribution is 0.610. The van der Waals surface area contributed by atoms with Gasteiger partial charge in [-0.25, -0.2) is 4.98 Å². The van der Waals surface area contributed by atoms with Crippen LogP contribution in [0, 0.1) is 0 Å². The van der Waals surface area contributed by atoms with Crippen molar-refractivity contribution in [1.82, 2.24) is 19.7 Å². The van der Waals surface area contributed by atoms with E-state index in [1.165, 1.54) is 0 Å². The number of hydrogen-bond donors (Lipinski definition) is 0. The molecule has 0 saturated carbocycles. The smallest absolute Gasteiger partial charge is 0.182 e. The first-order valence-corrected chi connectivity index (χ1v) is 3.93. The van der Waals surface area contributed by atoms with E-state index >= 15 is 0 Å². The lowest BCUT2D eigenvalue weighted by Gasteiger charge is -2.05. The molecular weight excluding hydrogens is 152 g/mol. The molecule has 0 aromatic carbocycles. The SMILES string of the molecule is CC(C)n1cnc2ccnnc21. The van der Waals surface area contributed by atoms with Crippen molar-refractivity contribution in [3.8, 4) is 0 Å². The Morgan fingerprint density at radius 1 is 1.42 bits per heavy atom. The zero-order chi connectivity index (χ0) is 8.55. The van der Waals surface area contributed by atoms with Crippen LogP contribution < -0.4 is 0 Å². The highest BCUT2D eigenvalue weighted by Gasteiger charge is 2.05. The molecule has 4 nitrogen and oxygen atoms in total. The molecule has 0 atom stereocenters. The van der Waals surface area contributed by atoms with E-state index in [9.17, 15) is 0 Å². The standard InChI is InChI=1S/C8H10N4/c1-6(2)12-5-9-7-3-4-10-11-8(7)12/h3-6H,1-2H3. The zero-order valence-corrected chi connectivity index (χ0v) is 7.10. The van der Waals surface area contributed by atoms with Crippen molar-refractivity contribution in [2.75, 3.05) is 0 Å². The highest BCUT2D eigenvalue weighted by atomic mass is 15.2. The maximum atomic E-state index is 4.20. The molecule has 0 amide bonds. The minimum absolute atomic E-state index is 0.381. The van der Waals surface area contributed by atoms with Crippen molar-refractivity contribution in [2.45, 2.75) is 19.9 Å². The molecule has 0 aliphatic carbocycles. The number of nitrogens with zero attached hydrogens (tertiary/aromatic N) is 4. The van der Waals surface area contributed by atoms with Gasteiger partial charge in [-0.3, -0.25) is 0 Å². The third kappa shape index (κ3) is 0.958. The van der Waals surface area contributed by atoms with E-state index in [1.54, 1.807) is 12.5 Å². The molecule has 0 aliphatic rings. The van der Waals surface area contributed by atoms with Crippen LogP contribution in [0.25, 0.3) is 11.2 Å². The first-order valence-electron chi connectivity index (χ1n) is 3.93. The second-order valence-electron chi connectivity index (χ2n) is 2.99. The van der Waals surface area contributed by atoms with Gasteiger partial charge in [-0.05, 0) is 19.9 Å². The molecule has 0 spiro atoms. The number of rotatable bonds is 1. The predicted molar refractivity (Wildman–Crippen MR) is 45.7 cm³/mol. The summed E-state index contributed by atoms with van der Waals surface area (Å²) < 4.78 is 2.00. The van der Waals surface area contributed by atoms with Gasteiger partial charge >= 0.3 is 0 Å². The Balaban J connectivity index is 2.70. The molecular formula is C8H10N4. The zero-order valence-electron chi connectivity index (χ0n) is 7.10. The van der Waals surface area contributed by atoms with Crippen molar-refractivity contribution in [3.05, 3.63) is 18.6 Å². The molecule has 0 N–H and O–H groups in total. The molecule has 4 heteroatoms. The minimum Gasteiger partial charge on any atom is -0.311 e. The highest BCUT2D eigenvalue weighted by molar-refractivity contribution is 5.69. The number of imidazole rings is 1. The summed E-state index contributed by atoms with van der Waals surface area (Å²) in [6.45, 7) is 4.19. The minimum atomic E-state index is 0.381. The fourth-order valence-electron chi connectivity index (χ4n) is 1.16.